The Hall–Kier alpha value is -5.80. The predicted molar refractivity (Wildman–Crippen MR) is 238 cm³/mol. The van der Waals surface area contributed by atoms with Gasteiger partial charge in [0.2, 0.25) is 11.8 Å². The van der Waals surface area contributed by atoms with Gasteiger partial charge in [-0.1, -0.05) is 109 Å². The highest BCUT2D eigenvalue weighted by Gasteiger charge is 2.81. The number of esters is 2. The van der Waals surface area contributed by atoms with E-state index in [0.717, 1.165) is 22.4 Å². The third kappa shape index (κ3) is 5.45. The molecule has 6 unspecified atom stereocenters. The van der Waals surface area contributed by atoms with E-state index in [9.17, 15) is 28.8 Å². The Balaban J connectivity index is 1.51. The van der Waals surface area contributed by atoms with E-state index in [1.165, 1.54) is 0 Å². The zero-order chi connectivity index (χ0) is 46.6. The van der Waals surface area contributed by atoms with E-state index in [2.05, 4.69) is 56.9 Å². The van der Waals surface area contributed by atoms with Crippen LogP contribution in [0.5, 0.6) is 0 Å². The Kier molecular flexibility index (Phi) is 10.6. The normalized spacial score (nSPS) is 31.3. The Bertz CT molecular complexity index is 2420. The summed E-state index contributed by atoms with van der Waals surface area (Å²) in [6.07, 6.45) is -1.65. The van der Waals surface area contributed by atoms with Gasteiger partial charge in [-0.25, -0.2) is 19.2 Å². The fourth-order valence-electron chi connectivity index (χ4n) is 14.0. The Labute approximate surface area is 374 Å². The number of hydrogen-bond acceptors (Lipinski definition) is 11. The molecule has 3 fully saturated rings. The van der Waals surface area contributed by atoms with Gasteiger partial charge >= 0.3 is 24.1 Å². The Morgan fingerprint density at radius 2 is 1.05 bits per heavy atom. The van der Waals surface area contributed by atoms with Gasteiger partial charge in [-0.05, 0) is 89.8 Å². The number of rotatable bonds is 12. The molecule has 4 aliphatic carbocycles. The highest BCUT2D eigenvalue weighted by molar-refractivity contribution is 5.95. The second kappa shape index (κ2) is 15.2. The molecule has 3 aromatic rings. The molecule has 9 atom stereocenters. The SMILES string of the molecule is CC(C)c1ccc(N2C([C@]34c5ccc(cc5)C3(C(N)=O)CCN4C(C(=O)OC(N)=O)C(C)C)CC(C)[C@@]2(C)[C@]23c4ccc(cc4)C2(C(N)=O)CCN3C(C(=O)OC(N)=O)C(C)C)cc1. The van der Waals surface area contributed by atoms with Crippen LogP contribution >= 0.6 is 0 Å². The van der Waals surface area contributed by atoms with Gasteiger partial charge in [-0.15, -0.1) is 0 Å². The summed E-state index contributed by atoms with van der Waals surface area (Å²) >= 11 is 0. The van der Waals surface area contributed by atoms with E-state index in [4.69, 9.17) is 32.4 Å². The lowest BCUT2D eigenvalue weighted by Gasteiger charge is -2.66. The summed E-state index contributed by atoms with van der Waals surface area (Å²) in [5, 5.41) is 0. The van der Waals surface area contributed by atoms with Gasteiger partial charge in [0, 0.05) is 18.8 Å². The molecule has 0 saturated carbocycles. The fourth-order valence-corrected chi connectivity index (χ4v) is 14.0. The second-order valence-electron chi connectivity index (χ2n) is 19.8. The summed E-state index contributed by atoms with van der Waals surface area (Å²) in [5.41, 5.74) is 22.4. The largest absolute Gasteiger partial charge is 0.412 e. The minimum absolute atomic E-state index is 0.186. The van der Waals surface area contributed by atoms with Crippen molar-refractivity contribution in [2.75, 3.05) is 18.0 Å². The van der Waals surface area contributed by atoms with Crippen LogP contribution in [0.25, 0.3) is 0 Å². The number of carbonyl (C=O) groups excluding carboxylic acids is 6. The van der Waals surface area contributed by atoms with Crippen molar-refractivity contribution in [1.29, 1.82) is 0 Å². The summed E-state index contributed by atoms with van der Waals surface area (Å²) in [4.78, 5) is 89.5. The first-order chi connectivity index (χ1) is 30.1. The summed E-state index contributed by atoms with van der Waals surface area (Å²) < 4.78 is 10.4. The summed E-state index contributed by atoms with van der Waals surface area (Å²) in [7, 11) is 0. The van der Waals surface area contributed by atoms with E-state index < -0.39 is 93.3 Å². The van der Waals surface area contributed by atoms with Crippen LogP contribution in [0.3, 0.4) is 0 Å². The smallest absolute Gasteiger partial charge is 0.375 e. The van der Waals surface area contributed by atoms with Crippen molar-refractivity contribution in [3.63, 3.8) is 0 Å². The number of ether oxygens (including phenoxy) is 2. The molecule has 15 nitrogen and oxygen atoms in total. The number of likely N-dealkylation sites (tertiary alicyclic amines) is 2. The van der Waals surface area contributed by atoms with Crippen LogP contribution in [0.15, 0.2) is 72.8 Å². The number of fused-ring (bicyclic) bond motifs is 4. The summed E-state index contributed by atoms with van der Waals surface area (Å²) in [6, 6.07) is 21.0. The molecule has 0 aromatic heterocycles. The van der Waals surface area contributed by atoms with Gasteiger partial charge in [-0.3, -0.25) is 19.4 Å². The van der Waals surface area contributed by atoms with Crippen LogP contribution in [-0.4, -0.2) is 82.5 Å². The van der Waals surface area contributed by atoms with Crippen LogP contribution < -0.4 is 27.8 Å². The minimum atomic E-state index is -1.43. The molecule has 0 radical (unpaired) electrons. The van der Waals surface area contributed by atoms with Gasteiger partial charge in [0.05, 0.1) is 33.5 Å². The third-order valence-electron chi connectivity index (χ3n) is 16.3. The third-order valence-corrected chi connectivity index (χ3v) is 16.3. The molecule has 0 spiro atoms. The maximum Gasteiger partial charge on any atom is 0.412 e. The zero-order valence-corrected chi connectivity index (χ0v) is 37.9. The molecule has 8 N–H and O–H groups in total. The maximum atomic E-state index is 14.9. The van der Waals surface area contributed by atoms with Crippen LogP contribution in [0.4, 0.5) is 15.3 Å². The lowest BCUT2D eigenvalue weighted by Crippen LogP contribution is -2.79. The van der Waals surface area contributed by atoms with E-state index >= 15 is 0 Å². The molecule has 3 aliphatic heterocycles. The standard InChI is InChI=1S/C49H61N7O8/c1-26(2)30-9-19-35(20-10-30)56-36(48-33-15-11-31(12-16-33)46(48,41(50)59)21-23-54(48)37(27(3)4)39(57)63-43(52)61)25-29(7)45(56,8)49-34-17-13-32(14-18-34)47(49,42(51)60)22-24-55(49)38(28(5)6)40(58)64-44(53)62/h9-20,26-29,36-38H,21-25H2,1-8H3,(H2,50,59)(H2,51,60)(H2,52,61)(H2,53,62)/t29?,36?,37?,38?,45-,46?,47?,48+,49+/m0/s1. The molecule has 4 bridgehead atoms. The highest BCUT2D eigenvalue weighted by Crippen LogP contribution is 2.71. The second-order valence-corrected chi connectivity index (χ2v) is 19.8. The van der Waals surface area contributed by atoms with E-state index in [1.54, 1.807) is 0 Å². The number of primary amides is 4. The molecular weight excluding hydrogens is 815 g/mol. The molecule has 64 heavy (non-hydrogen) atoms. The van der Waals surface area contributed by atoms with Gasteiger partial charge < -0.3 is 37.3 Å². The van der Waals surface area contributed by atoms with Gasteiger partial charge in [0.1, 0.15) is 12.1 Å². The molecule has 3 aromatic carbocycles. The number of nitrogens with two attached hydrogens (primary N) is 4. The number of anilines is 1. The number of benzene rings is 3. The fraction of sp³-hybridized carbons (Fsp3) is 0.510. The maximum absolute atomic E-state index is 14.9. The number of amides is 4. The molecule has 3 saturated heterocycles. The molecule has 340 valence electrons. The zero-order valence-electron chi connectivity index (χ0n) is 37.9. The number of hydrogen-bond donors (Lipinski definition) is 4. The van der Waals surface area contributed by atoms with E-state index in [0.29, 0.717) is 17.5 Å². The molecule has 3 heterocycles. The lowest BCUT2D eigenvalue weighted by atomic mass is 9.49. The van der Waals surface area contributed by atoms with E-state index in [1.807, 2.05) is 86.0 Å². The number of nitrogens with zero attached hydrogens (tertiary/aromatic N) is 3. The van der Waals surface area contributed by atoms with Crippen LogP contribution in [0, 0.1) is 17.8 Å². The Morgan fingerprint density at radius 1 is 0.609 bits per heavy atom. The first-order valence-electron chi connectivity index (χ1n) is 22.4. The van der Waals surface area contributed by atoms with Crippen LogP contribution in [0.1, 0.15) is 108 Å². The first-order valence-corrected chi connectivity index (χ1v) is 22.4. The molecule has 4 amide bonds. The molecule has 7 aliphatic rings. The minimum Gasteiger partial charge on any atom is -0.375 e. The number of carbonyl (C=O) groups is 6. The van der Waals surface area contributed by atoms with Crippen molar-refractivity contribution in [3.05, 3.63) is 101 Å². The highest BCUT2D eigenvalue weighted by atomic mass is 16.6. The van der Waals surface area contributed by atoms with Gasteiger partial charge in [0.25, 0.3) is 0 Å². The van der Waals surface area contributed by atoms with Crippen LogP contribution in [0.2, 0.25) is 0 Å². The van der Waals surface area contributed by atoms with Crippen molar-refractivity contribution in [2.45, 2.75) is 126 Å². The van der Waals surface area contributed by atoms with Crippen molar-refractivity contribution >= 4 is 41.6 Å². The lowest BCUT2D eigenvalue weighted by molar-refractivity contribution is -0.154. The average molecular weight is 876 g/mol. The van der Waals surface area contributed by atoms with E-state index in [-0.39, 0.29) is 37.8 Å². The van der Waals surface area contributed by atoms with Crippen molar-refractivity contribution in [3.8, 4) is 0 Å². The summed E-state index contributed by atoms with van der Waals surface area (Å²) in [5.74, 6) is -3.95. The van der Waals surface area contributed by atoms with Crippen LogP contribution in [-0.2, 0) is 50.6 Å². The Morgan fingerprint density at radius 3 is 1.52 bits per heavy atom. The molecule has 10 rings (SSSR count). The topological polar surface area (TPSA) is 235 Å². The summed E-state index contributed by atoms with van der Waals surface area (Å²) in [6.45, 7) is 16.3. The average Bonchev–Trinajstić information content (AvgIpc) is 3.89. The first kappa shape index (κ1) is 44.8. The van der Waals surface area contributed by atoms with Gasteiger partial charge in [-0.2, -0.15) is 0 Å². The molecule has 15 heteroatoms. The van der Waals surface area contributed by atoms with Crippen molar-refractivity contribution < 1.29 is 38.2 Å². The predicted octanol–water partition coefficient (Wildman–Crippen LogP) is 4.75. The van der Waals surface area contributed by atoms with Crippen molar-refractivity contribution in [2.24, 2.45) is 40.7 Å². The molecular formula is C49H61N7O8. The van der Waals surface area contributed by atoms with Crippen molar-refractivity contribution in [1.82, 2.24) is 9.80 Å². The monoisotopic (exact) mass is 875 g/mol. The van der Waals surface area contributed by atoms with Gasteiger partial charge in [0.15, 0.2) is 0 Å². The quantitative estimate of drug-likeness (QED) is 0.143.